The van der Waals surface area contributed by atoms with Gasteiger partial charge in [-0.15, -0.1) is 0 Å². The molecule has 1 nitrogen and oxygen atoms in total. The molecule has 22 heavy (non-hydrogen) atoms. The normalized spacial score (nSPS) is 45.0. The molecule has 3 aliphatic carbocycles. The summed E-state index contributed by atoms with van der Waals surface area (Å²) in [6.45, 7) is 11.4. The van der Waals surface area contributed by atoms with E-state index in [9.17, 15) is 4.79 Å². The van der Waals surface area contributed by atoms with Crippen molar-refractivity contribution in [2.45, 2.75) is 79.6 Å². The molecule has 0 bridgehead atoms. The maximum absolute atomic E-state index is 12.4. The standard InChI is InChI=1S/C21H34O/c1-14(2)16-7-9-18-17(13-16)8-10-19-20(4,15(3)22)11-6-12-21(18,19)5/h8,14,16,18-19H,6-7,9-13H2,1-5H3/t16?,18-,19-,20-,21-/m0/s1. The van der Waals surface area contributed by atoms with Gasteiger partial charge in [-0.05, 0) is 74.5 Å². The predicted octanol–water partition coefficient (Wildman–Crippen LogP) is 5.79. The van der Waals surface area contributed by atoms with Crippen molar-refractivity contribution in [1.82, 2.24) is 0 Å². The summed E-state index contributed by atoms with van der Waals surface area (Å²) in [6, 6.07) is 0. The first-order valence-electron chi connectivity index (χ1n) is 9.49. The minimum Gasteiger partial charge on any atom is -0.299 e. The van der Waals surface area contributed by atoms with Crippen LogP contribution in [0.25, 0.3) is 0 Å². The fourth-order valence-electron chi connectivity index (χ4n) is 6.21. The largest absolute Gasteiger partial charge is 0.299 e. The van der Waals surface area contributed by atoms with E-state index in [0.717, 1.165) is 30.6 Å². The quantitative estimate of drug-likeness (QED) is 0.590. The molecule has 2 fully saturated rings. The van der Waals surface area contributed by atoms with Crippen LogP contribution in [-0.4, -0.2) is 5.78 Å². The highest BCUT2D eigenvalue weighted by atomic mass is 16.1. The molecule has 0 amide bonds. The number of allylic oxidation sites excluding steroid dienone is 2. The average molecular weight is 303 g/mol. The van der Waals surface area contributed by atoms with E-state index in [1.165, 1.54) is 32.1 Å². The number of hydrogen-bond donors (Lipinski definition) is 0. The van der Waals surface area contributed by atoms with Crippen LogP contribution in [0.3, 0.4) is 0 Å². The SMILES string of the molecule is CC(=O)[C@]1(C)CCC[C@]2(C)[C@H]1CC=C1CC(C(C)C)CC[C@@H]12. The van der Waals surface area contributed by atoms with Gasteiger partial charge in [0.15, 0.2) is 0 Å². The number of ketones is 1. The van der Waals surface area contributed by atoms with Crippen molar-refractivity contribution in [1.29, 1.82) is 0 Å². The maximum atomic E-state index is 12.4. The minimum absolute atomic E-state index is 0.0794. The van der Waals surface area contributed by atoms with E-state index >= 15 is 0 Å². The van der Waals surface area contributed by atoms with Crippen molar-refractivity contribution in [3.05, 3.63) is 11.6 Å². The number of hydrogen-bond acceptors (Lipinski definition) is 1. The first kappa shape index (κ1) is 16.3. The number of rotatable bonds is 2. The van der Waals surface area contributed by atoms with Crippen LogP contribution in [0.5, 0.6) is 0 Å². The van der Waals surface area contributed by atoms with Crippen LogP contribution >= 0.6 is 0 Å². The second-order valence-corrected chi connectivity index (χ2v) is 9.24. The second kappa shape index (κ2) is 5.49. The number of carbonyl (C=O) groups is 1. The molecule has 0 aromatic rings. The molecular formula is C21H34O. The second-order valence-electron chi connectivity index (χ2n) is 9.24. The Morgan fingerprint density at radius 1 is 1.23 bits per heavy atom. The van der Waals surface area contributed by atoms with E-state index in [4.69, 9.17) is 0 Å². The van der Waals surface area contributed by atoms with Gasteiger partial charge in [0.1, 0.15) is 5.78 Å². The van der Waals surface area contributed by atoms with Gasteiger partial charge < -0.3 is 0 Å². The molecule has 0 aromatic heterocycles. The summed E-state index contributed by atoms with van der Waals surface area (Å²) in [5.74, 6) is 3.43. The number of carbonyl (C=O) groups excluding carboxylic acids is 1. The molecule has 5 atom stereocenters. The van der Waals surface area contributed by atoms with Gasteiger partial charge in [0.25, 0.3) is 0 Å². The van der Waals surface area contributed by atoms with Gasteiger partial charge in [-0.1, -0.05) is 45.8 Å². The van der Waals surface area contributed by atoms with Crippen molar-refractivity contribution in [2.75, 3.05) is 0 Å². The predicted molar refractivity (Wildman–Crippen MR) is 92.6 cm³/mol. The average Bonchev–Trinajstić information content (AvgIpc) is 2.46. The van der Waals surface area contributed by atoms with E-state index in [0.29, 0.717) is 17.1 Å². The molecule has 0 radical (unpaired) electrons. The van der Waals surface area contributed by atoms with Crippen LogP contribution in [0, 0.1) is 34.5 Å². The highest BCUT2D eigenvalue weighted by Crippen LogP contribution is 2.63. The Bertz CT molecular complexity index is 488. The fraction of sp³-hybridized carbons (Fsp3) is 0.857. The molecule has 3 rings (SSSR count). The van der Waals surface area contributed by atoms with Crippen LogP contribution in [0.4, 0.5) is 0 Å². The Labute approximate surface area is 136 Å². The Balaban J connectivity index is 1.92. The lowest BCUT2D eigenvalue weighted by molar-refractivity contribution is -0.140. The summed E-state index contributed by atoms with van der Waals surface area (Å²) in [7, 11) is 0. The van der Waals surface area contributed by atoms with E-state index in [1.54, 1.807) is 5.57 Å². The molecule has 0 heterocycles. The molecule has 1 heteroatoms. The van der Waals surface area contributed by atoms with Crippen LogP contribution in [0.1, 0.15) is 79.6 Å². The van der Waals surface area contributed by atoms with Gasteiger partial charge in [-0.3, -0.25) is 4.79 Å². The summed E-state index contributed by atoms with van der Waals surface area (Å²) in [4.78, 5) is 12.4. The van der Waals surface area contributed by atoms with Gasteiger partial charge in [-0.2, -0.15) is 0 Å². The van der Waals surface area contributed by atoms with Crippen molar-refractivity contribution in [3.63, 3.8) is 0 Å². The molecule has 0 aromatic carbocycles. The maximum Gasteiger partial charge on any atom is 0.135 e. The van der Waals surface area contributed by atoms with Crippen molar-refractivity contribution < 1.29 is 4.79 Å². The molecular weight excluding hydrogens is 268 g/mol. The Morgan fingerprint density at radius 2 is 1.95 bits per heavy atom. The van der Waals surface area contributed by atoms with Gasteiger partial charge in [0.05, 0.1) is 0 Å². The number of Topliss-reactive ketones (excluding diaryl/α,β-unsaturated/α-hetero) is 1. The fourth-order valence-corrected chi connectivity index (χ4v) is 6.21. The molecule has 0 spiro atoms. The zero-order valence-electron chi connectivity index (χ0n) is 15.2. The third kappa shape index (κ3) is 2.31. The van der Waals surface area contributed by atoms with Gasteiger partial charge >= 0.3 is 0 Å². The molecule has 2 saturated carbocycles. The zero-order valence-corrected chi connectivity index (χ0v) is 15.2. The summed E-state index contributed by atoms with van der Waals surface area (Å²) >= 11 is 0. The lowest BCUT2D eigenvalue weighted by Gasteiger charge is -2.58. The highest BCUT2D eigenvalue weighted by Gasteiger charge is 2.56. The van der Waals surface area contributed by atoms with Gasteiger partial charge in [0, 0.05) is 5.41 Å². The monoisotopic (exact) mass is 302 g/mol. The van der Waals surface area contributed by atoms with Crippen molar-refractivity contribution in [3.8, 4) is 0 Å². The Hall–Kier alpha value is -0.590. The first-order valence-corrected chi connectivity index (χ1v) is 9.49. The molecule has 1 unspecified atom stereocenters. The summed E-state index contributed by atoms with van der Waals surface area (Å²) in [5, 5.41) is 0. The first-order chi connectivity index (χ1) is 10.3. The van der Waals surface area contributed by atoms with Gasteiger partial charge in [0.2, 0.25) is 0 Å². The van der Waals surface area contributed by atoms with Crippen LogP contribution in [-0.2, 0) is 4.79 Å². The van der Waals surface area contributed by atoms with Crippen molar-refractivity contribution >= 4 is 5.78 Å². The number of fused-ring (bicyclic) bond motifs is 3. The Kier molecular flexibility index (Phi) is 4.06. The highest BCUT2D eigenvalue weighted by molar-refractivity contribution is 5.82. The van der Waals surface area contributed by atoms with E-state index in [1.807, 2.05) is 6.92 Å². The lowest BCUT2D eigenvalue weighted by atomic mass is 9.45. The summed E-state index contributed by atoms with van der Waals surface area (Å²) in [5.41, 5.74) is 2.03. The zero-order chi connectivity index (χ0) is 16.1. The van der Waals surface area contributed by atoms with Crippen LogP contribution < -0.4 is 0 Å². The topological polar surface area (TPSA) is 17.1 Å². The van der Waals surface area contributed by atoms with Crippen molar-refractivity contribution in [2.24, 2.45) is 34.5 Å². The van der Waals surface area contributed by atoms with E-state index in [2.05, 4.69) is 33.8 Å². The third-order valence-electron chi connectivity index (χ3n) is 7.91. The van der Waals surface area contributed by atoms with E-state index < -0.39 is 0 Å². The van der Waals surface area contributed by atoms with Crippen LogP contribution in [0.15, 0.2) is 11.6 Å². The summed E-state index contributed by atoms with van der Waals surface area (Å²) in [6.07, 6.45) is 11.4. The summed E-state index contributed by atoms with van der Waals surface area (Å²) < 4.78 is 0. The molecule has 124 valence electrons. The molecule has 0 aliphatic heterocycles. The smallest absolute Gasteiger partial charge is 0.135 e. The molecule has 0 saturated heterocycles. The van der Waals surface area contributed by atoms with Crippen LogP contribution in [0.2, 0.25) is 0 Å². The Morgan fingerprint density at radius 3 is 2.59 bits per heavy atom. The lowest BCUT2D eigenvalue weighted by Crippen LogP contribution is -2.53. The minimum atomic E-state index is -0.0794. The molecule has 3 aliphatic rings. The van der Waals surface area contributed by atoms with Gasteiger partial charge in [-0.25, -0.2) is 0 Å². The third-order valence-corrected chi connectivity index (χ3v) is 7.91. The van der Waals surface area contributed by atoms with E-state index in [-0.39, 0.29) is 5.41 Å². The molecule has 0 N–H and O–H groups in total.